The molecule has 4 heterocycles. The average molecular weight is 368 g/mol. The van der Waals surface area contributed by atoms with Crippen molar-refractivity contribution < 1.29 is 9.21 Å². The summed E-state index contributed by atoms with van der Waals surface area (Å²) < 4.78 is 9.16. The lowest BCUT2D eigenvalue weighted by Gasteiger charge is -2.34. The highest BCUT2D eigenvalue weighted by Crippen LogP contribution is 2.24. The molecule has 0 saturated heterocycles. The highest BCUT2D eigenvalue weighted by molar-refractivity contribution is 5.91. The number of nitrogens with one attached hydrogen (secondary N) is 1. The van der Waals surface area contributed by atoms with Gasteiger partial charge >= 0.3 is 0 Å². The van der Waals surface area contributed by atoms with E-state index in [0.29, 0.717) is 12.3 Å². The number of aromatic nitrogens is 4. The first-order valence-corrected chi connectivity index (χ1v) is 9.16. The molecule has 1 N–H and O–H groups in total. The molecule has 8 nitrogen and oxygen atoms in total. The first-order chi connectivity index (χ1) is 13.1. The minimum absolute atomic E-state index is 0.182. The summed E-state index contributed by atoms with van der Waals surface area (Å²) in [5.74, 6) is 0.158. The molecule has 0 aliphatic carbocycles. The number of nitrogens with zero attached hydrogens (tertiary/aromatic N) is 5. The lowest BCUT2D eigenvalue weighted by atomic mass is 10.1. The Morgan fingerprint density at radius 1 is 1.41 bits per heavy atom. The van der Waals surface area contributed by atoms with Gasteiger partial charge in [0.1, 0.15) is 0 Å². The Bertz CT molecular complexity index is 911. The normalized spacial score (nSPS) is 17.0. The lowest BCUT2D eigenvalue weighted by Crippen LogP contribution is -2.39. The molecule has 1 unspecified atom stereocenters. The van der Waals surface area contributed by atoms with Crippen molar-refractivity contribution in [3.05, 3.63) is 59.6 Å². The summed E-state index contributed by atoms with van der Waals surface area (Å²) >= 11 is 0. The summed E-state index contributed by atoms with van der Waals surface area (Å²) in [5, 5.41) is 11.9. The van der Waals surface area contributed by atoms with E-state index in [1.165, 1.54) is 17.7 Å². The minimum Gasteiger partial charge on any atom is -0.459 e. The molecular formula is C19H24N6O2. The number of carbonyl (C=O) groups excluding carboxylic acids is 1. The fourth-order valence-electron chi connectivity index (χ4n) is 3.69. The van der Waals surface area contributed by atoms with E-state index in [0.717, 1.165) is 31.7 Å². The molecule has 0 bridgehead atoms. The van der Waals surface area contributed by atoms with E-state index in [9.17, 15) is 4.79 Å². The molecule has 1 amide bonds. The van der Waals surface area contributed by atoms with E-state index in [1.807, 2.05) is 24.9 Å². The van der Waals surface area contributed by atoms with Gasteiger partial charge in [-0.1, -0.05) is 0 Å². The fraction of sp³-hybridized carbons (Fsp3) is 0.421. The van der Waals surface area contributed by atoms with Gasteiger partial charge in [0.15, 0.2) is 5.76 Å². The van der Waals surface area contributed by atoms with Crippen molar-refractivity contribution in [1.82, 2.24) is 29.8 Å². The van der Waals surface area contributed by atoms with Gasteiger partial charge in [0.05, 0.1) is 29.4 Å². The molecule has 0 aromatic carbocycles. The second-order valence-corrected chi connectivity index (χ2v) is 7.01. The molecule has 4 rings (SSSR count). The third-order valence-electron chi connectivity index (χ3n) is 4.95. The zero-order chi connectivity index (χ0) is 18.8. The maximum Gasteiger partial charge on any atom is 0.286 e. The van der Waals surface area contributed by atoms with Crippen LogP contribution < -0.4 is 5.32 Å². The van der Waals surface area contributed by atoms with E-state index in [1.54, 1.807) is 12.1 Å². The van der Waals surface area contributed by atoms with E-state index in [2.05, 4.69) is 37.2 Å². The van der Waals surface area contributed by atoms with Crippen molar-refractivity contribution >= 4 is 5.91 Å². The van der Waals surface area contributed by atoms with Gasteiger partial charge in [-0.3, -0.25) is 19.1 Å². The largest absolute Gasteiger partial charge is 0.459 e. The van der Waals surface area contributed by atoms with Crippen LogP contribution in [0, 0.1) is 6.92 Å². The van der Waals surface area contributed by atoms with Crippen LogP contribution in [0.5, 0.6) is 0 Å². The number of rotatable bonds is 6. The Hall–Kier alpha value is -2.87. The predicted molar refractivity (Wildman–Crippen MR) is 99.0 cm³/mol. The summed E-state index contributed by atoms with van der Waals surface area (Å²) in [6, 6.07) is 7.79. The Morgan fingerprint density at radius 3 is 3.04 bits per heavy atom. The first-order valence-electron chi connectivity index (χ1n) is 9.16. The number of fused-ring (bicyclic) bond motifs is 1. The minimum atomic E-state index is -0.182. The molecule has 0 saturated carbocycles. The summed E-state index contributed by atoms with van der Waals surface area (Å²) in [5.41, 5.74) is 3.43. The van der Waals surface area contributed by atoms with Crippen molar-refractivity contribution in [2.75, 3.05) is 13.1 Å². The molecule has 3 aromatic rings. The smallest absolute Gasteiger partial charge is 0.286 e. The summed E-state index contributed by atoms with van der Waals surface area (Å²) in [7, 11) is 1.98. The second kappa shape index (κ2) is 7.40. The van der Waals surface area contributed by atoms with Gasteiger partial charge in [-0.05, 0) is 37.6 Å². The van der Waals surface area contributed by atoms with E-state index in [-0.39, 0.29) is 11.9 Å². The van der Waals surface area contributed by atoms with Crippen molar-refractivity contribution in [3.8, 4) is 0 Å². The quantitative estimate of drug-likeness (QED) is 0.719. The van der Waals surface area contributed by atoms with Crippen LogP contribution in [0.2, 0.25) is 0 Å². The van der Waals surface area contributed by atoms with Gasteiger partial charge in [0.25, 0.3) is 5.91 Å². The van der Waals surface area contributed by atoms with Crippen LogP contribution in [-0.4, -0.2) is 43.5 Å². The van der Waals surface area contributed by atoms with Crippen LogP contribution in [0.15, 0.2) is 41.1 Å². The molecule has 1 aliphatic rings. The van der Waals surface area contributed by atoms with Crippen LogP contribution in [0.3, 0.4) is 0 Å². The standard InChI is InChI=1S/C19H24N6O2/c1-14-10-17(23(2)22-14)13-24-11-15(25-16(12-24)6-8-21-25)5-7-20-19(26)18-4-3-9-27-18/h3-4,6,8-10,15H,5,7,11-13H2,1-2H3,(H,20,26). The monoisotopic (exact) mass is 368 g/mol. The predicted octanol–water partition coefficient (Wildman–Crippen LogP) is 1.90. The molecular weight excluding hydrogens is 344 g/mol. The van der Waals surface area contributed by atoms with Gasteiger partial charge in [-0.2, -0.15) is 10.2 Å². The third-order valence-corrected chi connectivity index (χ3v) is 4.95. The van der Waals surface area contributed by atoms with Crippen molar-refractivity contribution in [2.45, 2.75) is 32.5 Å². The molecule has 1 atom stereocenters. The van der Waals surface area contributed by atoms with Gasteiger partial charge in [0.2, 0.25) is 0 Å². The van der Waals surface area contributed by atoms with Crippen molar-refractivity contribution in [3.63, 3.8) is 0 Å². The van der Waals surface area contributed by atoms with Gasteiger partial charge in [-0.25, -0.2) is 0 Å². The lowest BCUT2D eigenvalue weighted by molar-refractivity contribution is 0.0919. The Morgan fingerprint density at radius 2 is 2.30 bits per heavy atom. The molecule has 1 aliphatic heterocycles. The molecule has 0 spiro atoms. The molecule has 0 radical (unpaired) electrons. The number of aryl methyl sites for hydroxylation is 2. The third kappa shape index (κ3) is 3.80. The first kappa shape index (κ1) is 17.5. The van der Waals surface area contributed by atoms with Crippen molar-refractivity contribution in [2.24, 2.45) is 7.05 Å². The van der Waals surface area contributed by atoms with Crippen LogP contribution >= 0.6 is 0 Å². The molecule has 3 aromatic heterocycles. The van der Waals surface area contributed by atoms with Crippen LogP contribution in [-0.2, 0) is 20.1 Å². The summed E-state index contributed by atoms with van der Waals surface area (Å²) in [4.78, 5) is 14.5. The number of carbonyl (C=O) groups is 1. The summed E-state index contributed by atoms with van der Waals surface area (Å²) in [6.07, 6.45) is 4.16. The highest BCUT2D eigenvalue weighted by atomic mass is 16.3. The van der Waals surface area contributed by atoms with E-state index >= 15 is 0 Å². The molecule has 0 fully saturated rings. The maximum atomic E-state index is 12.0. The second-order valence-electron chi connectivity index (χ2n) is 7.01. The number of hydrogen-bond acceptors (Lipinski definition) is 5. The van der Waals surface area contributed by atoms with Gasteiger partial charge in [0, 0.05) is 39.4 Å². The van der Waals surface area contributed by atoms with Crippen LogP contribution in [0.1, 0.15) is 40.1 Å². The van der Waals surface area contributed by atoms with Crippen LogP contribution in [0.25, 0.3) is 0 Å². The Balaban J connectivity index is 1.39. The van der Waals surface area contributed by atoms with Crippen LogP contribution in [0.4, 0.5) is 0 Å². The molecule has 142 valence electrons. The number of furan rings is 1. The topological polar surface area (TPSA) is 81.1 Å². The number of hydrogen-bond donors (Lipinski definition) is 1. The Kier molecular flexibility index (Phi) is 4.81. The number of amides is 1. The average Bonchev–Trinajstić information content (AvgIpc) is 3.37. The SMILES string of the molecule is Cc1cc(CN2Cc3ccnn3C(CCNC(=O)c3ccco3)C2)n(C)n1. The van der Waals surface area contributed by atoms with Crippen molar-refractivity contribution in [1.29, 1.82) is 0 Å². The molecule has 27 heavy (non-hydrogen) atoms. The van der Waals surface area contributed by atoms with E-state index < -0.39 is 0 Å². The maximum absolute atomic E-state index is 12.0. The van der Waals surface area contributed by atoms with E-state index in [4.69, 9.17) is 4.42 Å². The zero-order valence-corrected chi connectivity index (χ0v) is 15.6. The molecule has 8 heteroatoms. The zero-order valence-electron chi connectivity index (χ0n) is 15.6. The highest BCUT2D eigenvalue weighted by Gasteiger charge is 2.26. The van der Waals surface area contributed by atoms with Gasteiger partial charge in [-0.15, -0.1) is 0 Å². The van der Waals surface area contributed by atoms with Gasteiger partial charge < -0.3 is 9.73 Å². The fourth-order valence-corrected chi connectivity index (χ4v) is 3.69. The summed E-state index contributed by atoms with van der Waals surface area (Å²) in [6.45, 7) is 5.17. The Labute approximate surface area is 157 Å².